The summed E-state index contributed by atoms with van der Waals surface area (Å²) in [4.78, 5) is 0. The van der Waals surface area contributed by atoms with E-state index in [9.17, 15) is 0 Å². The molecule has 0 heterocycles. The van der Waals surface area contributed by atoms with Crippen LogP contribution in [0.5, 0.6) is 5.75 Å². The van der Waals surface area contributed by atoms with E-state index in [1.54, 1.807) is 0 Å². The third kappa shape index (κ3) is 12.1. The van der Waals surface area contributed by atoms with Gasteiger partial charge in [0.15, 0.2) is 0 Å². The molecular weight excluding hydrogens is 416 g/mol. The van der Waals surface area contributed by atoms with Crippen molar-refractivity contribution in [3.05, 3.63) is 54.1 Å². The van der Waals surface area contributed by atoms with Gasteiger partial charge in [0.1, 0.15) is 5.75 Å². The van der Waals surface area contributed by atoms with E-state index in [2.05, 4.69) is 69.3 Å². The molecule has 0 saturated heterocycles. The summed E-state index contributed by atoms with van der Waals surface area (Å²) in [6, 6.07) is 17.3. The van der Waals surface area contributed by atoms with Crippen LogP contribution in [-0.4, -0.2) is 13.2 Å². The lowest BCUT2D eigenvalue weighted by molar-refractivity contribution is 0.0627. The molecular formula is C32H50O2. The molecule has 0 N–H and O–H groups in total. The van der Waals surface area contributed by atoms with E-state index in [1.807, 2.05) is 0 Å². The molecule has 0 amide bonds. The Kier molecular flexibility index (Phi) is 15.5. The highest BCUT2D eigenvalue weighted by Gasteiger charge is 2.07. The fraction of sp³-hybridized carbons (Fsp3) is 0.625. The summed E-state index contributed by atoms with van der Waals surface area (Å²) in [7, 11) is 0. The van der Waals surface area contributed by atoms with E-state index in [0.717, 1.165) is 25.4 Å². The molecule has 2 aromatic carbocycles. The van der Waals surface area contributed by atoms with E-state index in [0.29, 0.717) is 0 Å². The Morgan fingerprint density at radius 3 is 1.50 bits per heavy atom. The Labute approximate surface area is 210 Å². The fourth-order valence-electron chi connectivity index (χ4n) is 4.35. The fourth-order valence-corrected chi connectivity index (χ4v) is 4.35. The summed E-state index contributed by atoms with van der Waals surface area (Å²) in [5.41, 5.74) is 3.72. The van der Waals surface area contributed by atoms with Crippen LogP contribution in [0.3, 0.4) is 0 Å². The summed E-state index contributed by atoms with van der Waals surface area (Å²) >= 11 is 0. The molecule has 0 saturated carbocycles. The monoisotopic (exact) mass is 466 g/mol. The van der Waals surface area contributed by atoms with Crippen molar-refractivity contribution in [2.45, 2.75) is 117 Å². The number of rotatable bonds is 20. The van der Waals surface area contributed by atoms with Crippen molar-refractivity contribution in [2.75, 3.05) is 13.2 Å². The van der Waals surface area contributed by atoms with Crippen LogP contribution in [-0.2, 0) is 4.74 Å². The van der Waals surface area contributed by atoms with Gasteiger partial charge in [-0.3, -0.25) is 0 Å². The maximum Gasteiger partial charge on any atom is 0.119 e. The second-order valence-electron chi connectivity index (χ2n) is 9.75. The summed E-state index contributed by atoms with van der Waals surface area (Å²) < 4.78 is 12.0. The Bertz CT molecular complexity index is 720. The lowest BCUT2D eigenvalue weighted by Gasteiger charge is -2.14. The van der Waals surface area contributed by atoms with Gasteiger partial charge in [0, 0.05) is 6.61 Å². The van der Waals surface area contributed by atoms with Crippen molar-refractivity contribution in [1.29, 1.82) is 0 Å². The van der Waals surface area contributed by atoms with Crippen LogP contribution in [0, 0.1) is 0 Å². The van der Waals surface area contributed by atoms with Crippen LogP contribution in [0.2, 0.25) is 0 Å². The summed E-state index contributed by atoms with van der Waals surface area (Å²) in [6.45, 7) is 8.37. The molecule has 0 aromatic heterocycles. The Hall–Kier alpha value is -1.80. The molecule has 2 nitrogen and oxygen atoms in total. The highest BCUT2D eigenvalue weighted by molar-refractivity contribution is 5.64. The minimum atomic E-state index is 0.150. The Balaban J connectivity index is 1.64. The molecule has 0 radical (unpaired) electrons. The first-order chi connectivity index (χ1) is 16.7. The van der Waals surface area contributed by atoms with Crippen molar-refractivity contribution in [3.63, 3.8) is 0 Å². The van der Waals surface area contributed by atoms with Crippen molar-refractivity contribution in [1.82, 2.24) is 0 Å². The predicted octanol–water partition coefficient (Wildman–Crippen LogP) is 10.3. The molecule has 34 heavy (non-hydrogen) atoms. The Morgan fingerprint density at radius 1 is 0.529 bits per heavy atom. The molecule has 0 aliphatic rings. The van der Waals surface area contributed by atoms with Gasteiger partial charge in [-0.15, -0.1) is 0 Å². The van der Waals surface area contributed by atoms with Crippen molar-refractivity contribution < 1.29 is 9.47 Å². The number of benzene rings is 2. The molecule has 0 bridgehead atoms. The minimum Gasteiger partial charge on any atom is -0.494 e. The SMILES string of the molecule is CCCCCCCCCCOc1ccc(-c2ccc(C(C)OCCCCCCCC)cc2)cc1. The molecule has 1 atom stereocenters. The molecule has 2 rings (SSSR count). The van der Waals surface area contributed by atoms with Crippen molar-refractivity contribution >= 4 is 0 Å². The zero-order chi connectivity index (χ0) is 24.3. The van der Waals surface area contributed by atoms with Crippen LogP contribution < -0.4 is 4.74 Å². The topological polar surface area (TPSA) is 18.5 Å². The molecule has 2 aromatic rings. The third-order valence-corrected chi connectivity index (χ3v) is 6.70. The number of ether oxygens (including phenoxy) is 2. The first-order valence-corrected chi connectivity index (χ1v) is 14.2. The van der Waals surface area contributed by atoms with E-state index in [1.165, 1.54) is 100 Å². The summed E-state index contributed by atoms with van der Waals surface area (Å²) in [5, 5.41) is 0. The maximum absolute atomic E-state index is 6.06. The molecule has 190 valence electrons. The van der Waals surface area contributed by atoms with Crippen molar-refractivity contribution in [2.24, 2.45) is 0 Å². The van der Waals surface area contributed by atoms with Gasteiger partial charge in [0.2, 0.25) is 0 Å². The summed E-state index contributed by atoms with van der Waals surface area (Å²) in [6.07, 6.45) is 18.6. The first-order valence-electron chi connectivity index (χ1n) is 14.2. The number of unbranched alkanes of at least 4 members (excludes halogenated alkanes) is 12. The lowest BCUT2D eigenvalue weighted by Crippen LogP contribution is -2.01. The van der Waals surface area contributed by atoms with Gasteiger partial charge in [-0.2, -0.15) is 0 Å². The van der Waals surface area contributed by atoms with E-state index >= 15 is 0 Å². The zero-order valence-electron chi connectivity index (χ0n) is 22.3. The number of hydrogen-bond acceptors (Lipinski definition) is 2. The Morgan fingerprint density at radius 2 is 0.971 bits per heavy atom. The van der Waals surface area contributed by atoms with Gasteiger partial charge in [0.05, 0.1) is 12.7 Å². The lowest BCUT2D eigenvalue weighted by atomic mass is 10.0. The minimum absolute atomic E-state index is 0.150. The average molecular weight is 467 g/mol. The predicted molar refractivity (Wildman–Crippen MR) is 148 cm³/mol. The molecule has 0 fully saturated rings. The quantitative estimate of drug-likeness (QED) is 0.181. The third-order valence-electron chi connectivity index (χ3n) is 6.70. The van der Waals surface area contributed by atoms with E-state index < -0.39 is 0 Å². The smallest absolute Gasteiger partial charge is 0.119 e. The second kappa shape index (κ2) is 18.5. The number of hydrogen-bond donors (Lipinski definition) is 0. The van der Waals surface area contributed by atoms with Crippen LogP contribution >= 0.6 is 0 Å². The summed E-state index contributed by atoms with van der Waals surface area (Å²) in [5.74, 6) is 0.972. The zero-order valence-corrected chi connectivity index (χ0v) is 22.3. The van der Waals surface area contributed by atoms with Gasteiger partial charge in [0.25, 0.3) is 0 Å². The molecule has 2 heteroatoms. The van der Waals surface area contributed by atoms with Crippen LogP contribution in [0.25, 0.3) is 11.1 Å². The van der Waals surface area contributed by atoms with Crippen LogP contribution in [0.15, 0.2) is 48.5 Å². The van der Waals surface area contributed by atoms with Gasteiger partial charge in [-0.25, -0.2) is 0 Å². The highest BCUT2D eigenvalue weighted by Crippen LogP contribution is 2.25. The van der Waals surface area contributed by atoms with E-state index in [-0.39, 0.29) is 6.10 Å². The van der Waals surface area contributed by atoms with E-state index in [4.69, 9.17) is 9.47 Å². The normalized spacial score (nSPS) is 12.1. The molecule has 1 unspecified atom stereocenters. The standard InChI is InChI=1S/C32H50O2/c1-4-6-8-10-12-13-15-17-27-34-32-24-22-31(23-25-32)30-20-18-29(19-21-30)28(3)33-26-16-14-11-9-7-5-2/h18-25,28H,4-17,26-27H2,1-3H3. The van der Waals surface area contributed by atoms with Gasteiger partial charge in [-0.1, -0.05) is 127 Å². The maximum atomic E-state index is 6.06. The van der Waals surface area contributed by atoms with Crippen LogP contribution in [0.1, 0.15) is 122 Å². The second-order valence-corrected chi connectivity index (χ2v) is 9.75. The van der Waals surface area contributed by atoms with Gasteiger partial charge < -0.3 is 9.47 Å². The first kappa shape index (κ1) is 28.4. The molecule has 0 aliphatic heterocycles. The molecule has 0 aliphatic carbocycles. The van der Waals surface area contributed by atoms with Crippen molar-refractivity contribution in [3.8, 4) is 16.9 Å². The highest BCUT2D eigenvalue weighted by atomic mass is 16.5. The van der Waals surface area contributed by atoms with Gasteiger partial charge in [-0.05, 0) is 48.6 Å². The van der Waals surface area contributed by atoms with Gasteiger partial charge >= 0.3 is 0 Å². The average Bonchev–Trinajstić information content (AvgIpc) is 2.87. The van der Waals surface area contributed by atoms with Crippen LogP contribution in [0.4, 0.5) is 0 Å². The molecule has 0 spiro atoms. The largest absolute Gasteiger partial charge is 0.494 e.